The van der Waals surface area contributed by atoms with E-state index in [0.29, 0.717) is 16.4 Å². The summed E-state index contributed by atoms with van der Waals surface area (Å²) in [6, 6.07) is 4.49. The fourth-order valence-corrected chi connectivity index (χ4v) is 1.56. The van der Waals surface area contributed by atoms with Crippen molar-refractivity contribution >= 4 is 23.2 Å². The molecule has 0 bridgehead atoms. The fourth-order valence-electron chi connectivity index (χ4n) is 1.39. The van der Waals surface area contributed by atoms with Crippen LogP contribution < -0.4 is 11.1 Å². The lowest BCUT2D eigenvalue weighted by atomic mass is 10.2. The third-order valence-electron chi connectivity index (χ3n) is 2.30. The smallest absolute Gasteiger partial charge is 0.241 e. The van der Waals surface area contributed by atoms with E-state index in [4.69, 9.17) is 17.3 Å². The van der Waals surface area contributed by atoms with Gasteiger partial charge < -0.3 is 11.1 Å². The molecule has 0 radical (unpaired) electrons. The lowest BCUT2D eigenvalue weighted by molar-refractivity contribution is -0.117. The quantitative estimate of drug-likeness (QED) is 0.873. The Morgan fingerprint density at radius 1 is 1.56 bits per heavy atom. The number of hydrogen-bond donors (Lipinski definition) is 2. The molecule has 1 heterocycles. The van der Waals surface area contributed by atoms with Crippen LogP contribution >= 0.6 is 11.6 Å². The number of hydrogen-bond acceptors (Lipinski definition) is 4. The van der Waals surface area contributed by atoms with Crippen LogP contribution in [-0.2, 0) is 4.79 Å². The number of nitrogens with zero attached hydrogens (tertiary/aromatic N) is 3. The van der Waals surface area contributed by atoms with Crippen molar-refractivity contribution in [1.82, 2.24) is 14.8 Å². The van der Waals surface area contributed by atoms with Gasteiger partial charge >= 0.3 is 0 Å². The molecule has 0 aliphatic carbocycles. The van der Waals surface area contributed by atoms with Crippen LogP contribution in [-0.4, -0.2) is 26.7 Å². The Kier molecular flexibility index (Phi) is 3.59. The molecule has 0 spiro atoms. The minimum Gasteiger partial charge on any atom is -0.323 e. The molecule has 0 saturated heterocycles. The standard InChI is InChI=1S/C11H12ClN5O/c1-7(13)11(18)16-9-4-8(12)2-3-10(9)17-6-14-5-15-17/h2-7H,13H2,1H3,(H,16,18)/t7-/m0/s1. The second-order valence-electron chi connectivity index (χ2n) is 3.78. The number of rotatable bonds is 3. The average Bonchev–Trinajstić information content (AvgIpc) is 2.82. The number of nitrogens with two attached hydrogens (primary N) is 1. The van der Waals surface area contributed by atoms with E-state index in [2.05, 4.69) is 15.4 Å². The summed E-state index contributed by atoms with van der Waals surface area (Å²) >= 11 is 5.91. The molecular formula is C11H12ClN5O. The molecule has 3 N–H and O–H groups in total. The second kappa shape index (κ2) is 5.16. The van der Waals surface area contributed by atoms with Crippen LogP contribution in [0.5, 0.6) is 0 Å². The fraction of sp³-hybridized carbons (Fsp3) is 0.182. The van der Waals surface area contributed by atoms with Crippen molar-refractivity contribution in [2.75, 3.05) is 5.32 Å². The SMILES string of the molecule is C[C@H](N)C(=O)Nc1cc(Cl)ccc1-n1cncn1. The summed E-state index contributed by atoms with van der Waals surface area (Å²) in [5.74, 6) is -0.293. The normalized spacial score (nSPS) is 12.2. The summed E-state index contributed by atoms with van der Waals surface area (Å²) in [5, 5.41) is 7.22. The maximum absolute atomic E-state index is 11.6. The first-order valence-corrected chi connectivity index (χ1v) is 5.66. The Balaban J connectivity index is 2.39. The summed E-state index contributed by atoms with van der Waals surface area (Å²) in [5.41, 5.74) is 6.72. The number of nitrogens with one attached hydrogen (secondary N) is 1. The van der Waals surface area contributed by atoms with Crippen molar-refractivity contribution in [3.8, 4) is 5.69 Å². The highest BCUT2D eigenvalue weighted by Gasteiger charge is 2.12. The largest absolute Gasteiger partial charge is 0.323 e. The van der Waals surface area contributed by atoms with Crippen LogP contribution in [0.25, 0.3) is 5.69 Å². The van der Waals surface area contributed by atoms with Gasteiger partial charge in [-0.15, -0.1) is 0 Å². The van der Waals surface area contributed by atoms with Gasteiger partial charge in [-0.25, -0.2) is 9.67 Å². The number of carbonyl (C=O) groups is 1. The zero-order valence-corrected chi connectivity index (χ0v) is 10.4. The van der Waals surface area contributed by atoms with Crippen LogP contribution in [0, 0.1) is 0 Å². The topological polar surface area (TPSA) is 85.8 Å². The minimum atomic E-state index is -0.604. The van der Waals surface area contributed by atoms with Crippen LogP contribution in [0.3, 0.4) is 0 Å². The van der Waals surface area contributed by atoms with Crippen molar-refractivity contribution in [2.24, 2.45) is 5.73 Å². The maximum atomic E-state index is 11.6. The first kappa shape index (κ1) is 12.5. The van der Waals surface area contributed by atoms with E-state index < -0.39 is 6.04 Å². The van der Waals surface area contributed by atoms with E-state index in [9.17, 15) is 4.79 Å². The molecular weight excluding hydrogens is 254 g/mol. The van der Waals surface area contributed by atoms with Gasteiger partial charge in [-0.2, -0.15) is 5.10 Å². The lowest BCUT2D eigenvalue weighted by Gasteiger charge is -2.12. The average molecular weight is 266 g/mol. The van der Waals surface area contributed by atoms with Gasteiger partial charge in [-0.05, 0) is 25.1 Å². The van der Waals surface area contributed by atoms with Gasteiger partial charge in [0.15, 0.2) is 0 Å². The van der Waals surface area contributed by atoms with Gasteiger partial charge in [0.1, 0.15) is 12.7 Å². The molecule has 1 aromatic carbocycles. The highest BCUT2D eigenvalue weighted by molar-refractivity contribution is 6.31. The molecule has 6 nitrogen and oxygen atoms in total. The van der Waals surface area contributed by atoms with Gasteiger partial charge in [0.05, 0.1) is 17.4 Å². The third-order valence-corrected chi connectivity index (χ3v) is 2.53. The molecule has 2 rings (SSSR count). The number of carbonyl (C=O) groups excluding carboxylic acids is 1. The maximum Gasteiger partial charge on any atom is 0.241 e. The third kappa shape index (κ3) is 2.66. The Bertz CT molecular complexity index is 553. The van der Waals surface area contributed by atoms with E-state index in [1.54, 1.807) is 25.1 Å². The van der Waals surface area contributed by atoms with Gasteiger partial charge in [0.2, 0.25) is 5.91 Å². The molecule has 1 aromatic heterocycles. The Hall–Kier alpha value is -1.92. The molecule has 7 heteroatoms. The van der Waals surface area contributed by atoms with Gasteiger partial charge in [0, 0.05) is 5.02 Å². The molecule has 1 atom stereocenters. The zero-order valence-electron chi connectivity index (χ0n) is 9.67. The summed E-state index contributed by atoms with van der Waals surface area (Å²) < 4.78 is 1.53. The molecule has 0 saturated carbocycles. The summed E-state index contributed by atoms with van der Waals surface area (Å²) in [6.07, 6.45) is 2.94. The van der Waals surface area contributed by atoms with Crippen LogP contribution in [0.2, 0.25) is 5.02 Å². The molecule has 0 aliphatic heterocycles. The highest BCUT2D eigenvalue weighted by Crippen LogP contribution is 2.23. The summed E-state index contributed by atoms with van der Waals surface area (Å²) in [6.45, 7) is 1.61. The number of amides is 1. The second-order valence-corrected chi connectivity index (χ2v) is 4.22. The first-order valence-electron chi connectivity index (χ1n) is 5.29. The van der Waals surface area contributed by atoms with Crippen molar-refractivity contribution < 1.29 is 4.79 Å². The predicted molar refractivity (Wildman–Crippen MR) is 68.6 cm³/mol. The lowest BCUT2D eigenvalue weighted by Crippen LogP contribution is -2.32. The minimum absolute atomic E-state index is 0.293. The van der Waals surface area contributed by atoms with Crippen molar-refractivity contribution in [1.29, 1.82) is 0 Å². The Morgan fingerprint density at radius 2 is 2.33 bits per heavy atom. The molecule has 0 fully saturated rings. The van der Waals surface area contributed by atoms with Crippen LogP contribution in [0.1, 0.15) is 6.92 Å². The number of halogens is 1. The van der Waals surface area contributed by atoms with E-state index in [1.165, 1.54) is 17.3 Å². The van der Waals surface area contributed by atoms with E-state index in [-0.39, 0.29) is 5.91 Å². The zero-order chi connectivity index (χ0) is 13.1. The number of anilines is 1. The van der Waals surface area contributed by atoms with Crippen molar-refractivity contribution in [3.63, 3.8) is 0 Å². The molecule has 1 amide bonds. The van der Waals surface area contributed by atoms with Crippen LogP contribution in [0.15, 0.2) is 30.9 Å². The number of benzene rings is 1. The van der Waals surface area contributed by atoms with Crippen LogP contribution in [0.4, 0.5) is 5.69 Å². The molecule has 0 aliphatic rings. The molecule has 94 valence electrons. The van der Waals surface area contributed by atoms with Gasteiger partial charge in [0.25, 0.3) is 0 Å². The van der Waals surface area contributed by atoms with Gasteiger partial charge in [-0.1, -0.05) is 11.6 Å². The van der Waals surface area contributed by atoms with E-state index in [0.717, 1.165) is 0 Å². The first-order chi connectivity index (χ1) is 8.58. The Morgan fingerprint density at radius 3 is 2.94 bits per heavy atom. The summed E-state index contributed by atoms with van der Waals surface area (Å²) in [7, 11) is 0. The Labute approximate surface area is 109 Å². The van der Waals surface area contributed by atoms with Crippen molar-refractivity contribution in [3.05, 3.63) is 35.9 Å². The van der Waals surface area contributed by atoms with E-state index in [1.807, 2.05) is 0 Å². The number of aromatic nitrogens is 3. The summed E-state index contributed by atoms with van der Waals surface area (Å²) in [4.78, 5) is 15.5. The van der Waals surface area contributed by atoms with Crippen molar-refractivity contribution in [2.45, 2.75) is 13.0 Å². The van der Waals surface area contributed by atoms with Gasteiger partial charge in [-0.3, -0.25) is 4.79 Å². The predicted octanol–water partition coefficient (Wildman–Crippen LogP) is 1.21. The molecule has 0 unspecified atom stereocenters. The highest BCUT2D eigenvalue weighted by atomic mass is 35.5. The van der Waals surface area contributed by atoms with E-state index >= 15 is 0 Å². The molecule has 18 heavy (non-hydrogen) atoms. The molecule has 2 aromatic rings. The monoisotopic (exact) mass is 265 g/mol.